The molecule has 142 valence electrons. The lowest BCUT2D eigenvalue weighted by Crippen LogP contribution is -2.36. The Bertz CT molecular complexity index is 963. The highest BCUT2D eigenvalue weighted by Crippen LogP contribution is 2.39. The number of fused-ring (bicyclic) bond motifs is 1. The molecule has 0 amide bonds. The molecule has 26 heavy (non-hydrogen) atoms. The van der Waals surface area contributed by atoms with Crippen LogP contribution in [0.4, 0.5) is 5.95 Å². The zero-order chi connectivity index (χ0) is 19.2. The van der Waals surface area contributed by atoms with Crippen LogP contribution >= 0.6 is 0 Å². The standard InChI is InChI=1S/C19H29N5O2/c1-11(2)10-24-14-15(23(6)18(26)22-16(14)25)21-17(24)20-13-7-12(3)8-19(4,5)9-13/h12-13H,1,7-10H2,2-6H3,(H,20,21)(H,22,25,26)/t12-,13+/m0/s1. The van der Waals surface area contributed by atoms with Crippen molar-refractivity contribution < 1.29 is 0 Å². The lowest BCUT2D eigenvalue weighted by Gasteiger charge is -2.39. The van der Waals surface area contributed by atoms with E-state index < -0.39 is 11.2 Å². The molecule has 1 aliphatic rings. The number of imidazole rings is 1. The second-order valence-electron chi connectivity index (χ2n) is 8.72. The molecule has 2 aromatic heterocycles. The Labute approximate surface area is 153 Å². The van der Waals surface area contributed by atoms with Gasteiger partial charge in [-0.3, -0.25) is 14.3 Å². The minimum absolute atomic E-state index is 0.269. The van der Waals surface area contributed by atoms with E-state index >= 15 is 0 Å². The molecule has 2 N–H and O–H groups in total. The molecule has 1 aliphatic carbocycles. The minimum atomic E-state index is -0.457. The van der Waals surface area contributed by atoms with Gasteiger partial charge < -0.3 is 9.88 Å². The number of allylic oxidation sites excluding steroid dienone is 1. The van der Waals surface area contributed by atoms with Gasteiger partial charge in [0, 0.05) is 19.6 Å². The van der Waals surface area contributed by atoms with E-state index in [4.69, 9.17) is 0 Å². The largest absolute Gasteiger partial charge is 0.353 e. The summed E-state index contributed by atoms with van der Waals surface area (Å²) in [4.78, 5) is 31.3. The average Bonchev–Trinajstić information content (AvgIpc) is 2.81. The highest BCUT2D eigenvalue weighted by Gasteiger charge is 2.33. The number of aromatic amines is 1. The summed E-state index contributed by atoms with van der Waals surface area (Å²) in [5, 5.41) is 3.55. The van der Waals surface area contributed by atoms with E-state index in [9.17, 15) is 9.59 Å². The van der Waals surface area contributed by atoms with Crippen LogP contribution in [0.5, 0.6) is 0 Å². The Balaban J connectivity index is 2.09. The van der Waals surface area contributed by atoms with Gasteiger partial charge >= 0.3 is 5.69 Å². The van der Waals surface area contributed by atoms with Gasteiger partial charge in [0.25, 0.3) is 5.56 Å². The van der Waals surface area contributed by atoms with E-state index in [1.54, 1.807) is 7.05 Å². The second-order valence-corrected chi connectivity index (χ2v) is 8.72. The topological polar surface area (TPSA) is 84.7 Å². The maximum atomic E-state index is 12.4. The number of hydrogen-bond acceptors (Lipinski definition) is 4. The number of hydrogen-bond donors (Lipinski definition) is 2. The molecule has 1 saturated carbocycles. The summed E-state index contributed by atoms with van der Waals surface area (Å²) in [6.07, 6.45) is 3.32. The van der Waals surface area contributed by atoms with E-state index in [1.807, 2.05) is 11.5 Å². The Morgan fingerprint density at radius 3 is 2.69 bits per heavy atom. The molecule has 0 aliphatic heterocycles. The number of rotatable bonds is 4. The van der Waals surface area contributed by atoms with E-state index in [0.29, 0.717) is 29.6 Å². The van der Waals surface area contributed by atoms with Crippen molar-refractivity contribution in [2.24, 2.45) is 18.4 Å². The molecular formula is C19H29N5O2. The normalized spacial score (nSPS) is 22.5. The summed E-state index contributed by atoms with van der Waals surface area (Å²) in [7, 11) is 1.62. The summed E-state index contributed by atoms with van der Waals surface area (Å²) in [5.74, 6) is 1.26. The number of H-pyrrole nitrogens is 1. The van der Waals surface area contributed by atoms with Gasteiger partial charge in [0.15, 0.2) is 11.2 Å². The molecule has 3 rings (SSSR count). The first kappa shape index (κ1) is 18.5. The smallest absolute Gasteiger partial charge is 0.329 e. The van der Waals surface area contributed by atoms with Crippen molar-refractivity contribution in [3.8, 4) is 0 Å². The summed E-state index contributed by atoms with van der Waals surface area (Å²) >= 11 is 0. The molecule has 7 heteroatoms. The van der Waals surface area contributed by atoms with Gasteiger partial charge in [0.1, 0.15) is 0 Å². The maximum absolute atomic E-state index is 12.4. The molecule has 0 unspecified atom stereocenters. The first-order chi connectivity index (χ1) is 12.1. The van der Waals surface area contributed by atoms with E-state index in [-0.39, 0.29) is 11.5 Å². The van der Waals surface area contributed by atoms with E-state index in [2.05, 4.69) is 42.6 Å². The van der Waals surface area contributed by atoms with Crippen molar-refractivity contribution in [2.45, 2.75) is 59.5 Å². The SMILES string of the molecule is C=C(C)Cn1c(N[C@@H]2C[C@H](C)CC(C)(C)C2)nc2c1c(=O)[nH]c(=O)n2C. The number of nitrogens with zero attached hydrogens (tertiary/aromatic N) is 3. The van der Waals surface area contributed by atoms with Gasteiger partial charge in [-0.05, 0) is 37.5 Å². The number of anilines is 1. The lowest BCUT2D eigenvalue weighted by atomic mass is 9.71. The minimum Gasteiger partial charge on any atom is -0.353 e. The predicted molar refractivity (Wildman–Crippen MR) is 105 cm³/mol. The molecule has 0 aromatic carbocycles. The van der Waals surface area contributed by atoms with Gasteiger partial charge in [0.2, 0.25) is 5.95 Å². The molecule has 0 saturated heterocycles. The van der Waals surface area contributed by atoms with Crippen LogP contribution < -0.4 is 16.6 Å². The van der Waals surface area contributed by atoms with Crippen molar-refractivity contribution in [2.75, 3.05) is 5.32 Å². The second kappa shape index (κ2) is 6.45. The lowest BCUT2D eigenvalue weighted by molar-refractivity contribution is 0.177. The summed E-state index contributed by atoms with van der Waals surface area (Å²) in [5.41, 5.74) is 1.11. The molecular weight excluding hydrogens is 330 g/mol. The molecule has 1 fully saturated rings. The number of nitrogens with one attached hydrogen (secondary N) is 2. The van der Waals surface area contributed by atoms with Crippen LogP contribution in [0.15, 0.2) is 21.7 Å². The van der Waals surface area contributed by atoms with Crippen molar-refractivity contribution in [1.29, 1.82) is 0 Å². The van der Waals surface area contributed by atoms with Crippen LogP contribution in [0.1, 0.15) is 47.0 Å². The zero-order valence-electron chi connectivity index (χ0n) is 16.3. The number of aryl methyl sites for hydroxylation is 1. The van der Waals surface area contributed by atoms with Crippen LogP contribution in [-0.2, 0) is 13.6 Å². The molecule has 0 bridgehead atoms. The van der Waals surface area contributed by atoms with Crippen LogP contribution in [0.3, 0.4) is 0 Å². The maximum Gasteiger partial charge on any atom is 0.329 e. The van der Waals surface area contributed by atoms with Crippen LogP contribution in [0, 0.1) is 11.3 Å². The first-order valence-electron chi connectivity index (χ1n) is 9.18. The van der Waals surface area contributed by atoms with Crippen LogP contribution in [0.25, 0.3) is 11.2 Å². The fourth-order valence-corrected chi connectivity index (χ4v) is 4.41. The highest BCUT2D eigenvalue weighted by molar-refractivity contribution is 5.74. The highest BCUT2D eigenvalue weighted by atomic mass is 16.2. The Morgan fingerprint density at radius 2 is 2.08 bits per heavy atom. The Kier molecular flexibility index (Phi) is 4.58. The fourth-order valence-electron chi connectivity index (χ4n) is 4.41. The van der Waals surface area contributed by atoms with Crippen molar-refractivity contribution >= 4 is 17.1 Å². The van der Waals surface area contributed by atoms with Gasteiger partial charge in [-0.25, -0.2) is 4.79 Å². The molecule has 0 spiro atoms. The number of aromatic nitrogens is 4. The van der Waals surface area contributed by atoms with E-state index in [0.717, 1.165) is 18.4 Å². The average molecular weight is 359 g/mol. The Morgan fingerprint density at radius 1 is 1.38 bits per heavy atom. The summed E-state index contributed by atoms with van der Waals surface area (Å²) in [6.45, 7) is 13.2. The zero-order valence-corrected chi connectivity index (χ0v) is 16.3. The van der Waals surface area contributed by atoms with Gasteiger partial charge in [-0.15, -0.1) is 0 Å². The third-order valence-corrected chi connectivity index (χ3v) is 5.16. The van der Waals surface area contributed by atoms with Gasteiger partial charge in [-0.2, -0.15) is 4.98 Å². The molecule has 2 atom stereocenters. The predicted octanol–water partition coefficient (Wildman–Crippen LogP) is 2.63. The molecule has 7 nitrogen and oxygen atoms in total. The molecule has 2 aromatic rings. The monoisotopic (exact) mass is 359 g/mol. The van der Waals surface area contributed by atoms with E-state index in [1.165, 1.54) is 11.0 Å². The van der Waals surface area contributed by atoms with Crippen molar-refractivity contribution in [3.05, 3.63) is 33.0 Å². The summed E-state index contributed by atoms with van der Waals surface area (Å²) < 4.78 is 3.21. The third kappa shape index (κ3) is 3.48. The summed E-state index contributed by atoms with van der Waals surface area (Å²) in [6, 6.07) is 0.283. The van der Waals surface area contributed by atoms with Crippen LogP contribution in [-0.4, -0.2) is 25.1 Å². The molecule has 2 heterocycles. The quantitative estimate of drug-likeness (QED) is 0.822. The van der Waals surface area contributed by atoms with Crippen molar-refractivity contribution in [3.63, 3.8) is 0 Å². The van der Waals surface area contributed by atoms with Crippen molar-refractivity contribution in [1.82, 2.24) is 19.1 Å². The van der Waals surface area contributed by atoms with Gasteiger partial charge in [0.05, 0.1) is 0 Å². The third-order valence-electron chi connectivity index (χ3n) is 5.16. The Hall–Kier alpha value is -2.31. The molecule has 0 radical (unpaired) electrons. The first-order valence-corrected chi connectivity index (χ1v) is 9.18. The van der Waals surface area contributed by atoms with Gasteiger partial charge in [-0.1, -0.05) is 32.9 Å². The fraction of sp³-hybridized carbons (Fsp3) is 0.632. The van der Waals surface area contributed by atoms with Crippen LogP contribution in [0.2, 0.25) is 0 Å².